The molecule has 64 valence electrons. The molecule has 0 saturated carbocycles. The maximum absolute atomic E-state index is 9.60. The second-order valence-electron chi connectivity index (χ2n) is 2.96. The van der Waals surface area contributed by atoms with E-state index >= 15 is 0 Å². The lowest BCUT2D eigenvalue weighted by atomic mass is 10.0. The number of halogens is 1. The average Bonchev–Trinajstić information content (AvgIpc) is 2.04. The van der Waals surface area contributed by atoms with Crippen molar-refractivity contribution in [3.05, 3.63) is 28.2 Å². The summed E-state index contributed by atoms with van der Waals surface area (Å²) >= 11 is 3.39. The zero-order chi connectivity index (χ0) is 8.55. The Labute approximate surface area is 79.7 Å². The van der Waals surface area contributed by atoms with Crippen LogP contribution in [0.5, 0.6) is 0 Å². The summed E-state index contributed by atoms with van der Waals surface area (Å²) < 4.78 is 1.04. The van der Waals surface area contributed by atoms with Crippen LogP contribution >= 0.6 is 15.9 Å². The number of rotatable bonds is 0. The van der Waals surface area contributed by atoms with Crippen LogP contribution in [0.3, 0.4) is 0 Å². The van der Waals surface area contributed by atoms with Crippen LogP contribution in [0.4, 0.5) is 5.69 Å². The number of aliphatic hydroxyl groups excluding tert-OH is 1. The molecule has 2 N–H and O–H groups in total. The SMILES string of the molecule is OC1CCNc2cc(Br)ccc21. The highest BCUT2D eigenvalue weighted by Crippen LogP contribution is 2.31. The van der Waals surface area contributed by atoms with E-state index in [9.17, 15) is 5.11 Å². The van der Waals surface area contributed by atoms with Crippen LogP contribution in [-0.2, 0) is 0 Å². The van der Waals surface area contributed by atoms with Crippen molar-refractivity contribution in [2.24, 2.45) is 0 Å². The van der Waals surface area contributed by atoms with Gasteiger partial charge in [-0.1, -0.05) is 22.0 Å². The van der Waals surface area contributed by atoms with Crippen LogP contribution < -0.4 is 5.32 Å². The van der Waals surface area contributed by atoms with Gasteiger partial charge >= 0.3 is 0 Å². The number of hydrogen-bond acceptors (Lipinski definition) is 2. The van der Waals surface area contributed by atoms with Crippen LogP contribution in [0.15, 0.2) is 22.7 Å². The second-order valence-corrected chi connectivity index (χ2v) is 3.88. The van der Waals surface area contributed by atoms with Gasteiger partial charge in [0.05, 0.1) is 6.10 Å². The normalized spacial score (nSPS) is 21.3. The molecular formula is C9H10BrNO. The molecule has 0 aromatic heterocycles. The van der Waals surface area contributed by atoms with Gasteiger partial charge in [-0.15, -0.1) is 0 Å². The second kappa shape index (κ2) is 3.07. The molecule has 2 rings (SSSR count). The quantitative estimate of drug-likeness (QED) is 0.714. The number of aliphatic hydroxyl groups is 1. The van der Waals surface area contributed by atoms with Crippen molar-refractivity contribution in [1.29, 1.82) is 0 Å². The monoisotopic (exact) mass is 227 g/mol. The number of benzene rings is 1. The maximum Gasteiger partial charge on any atom is 0.0826 e. The molecule has 0 spiro atoms. The van der Waals surface area contributed by atoms with Gasteiger partial charge in [-0.3, -0.25) is 0 Å². The minimum atomic E-state index is -0.297. The molecule has 0 fully saturated rings. The molecule has 1 heterocycles. The highest BCUT2D eigenvalue weighted by Gasteiger charge is 2.16. The topological polar surface area (TPSA) is 32.3 Å². The Morgan fingerprint density at radius 2 is 2.33 bits per heavy atom. The molecular weight excluding hydrogens is 218 g/mol. The van der Waals surface area contributed by atoms with Gasteiger partial charge in [-0.25, -0.2) is 0 Å². The first kappa shape index (κ1) is 8.08. The van der Waals surface area contributed by atoms with Gasteiger partial charge in [-0.2, -0.15) is 0 Å². The molecule has 1 atom stereocenters. The number of hydrogen-bond donors (Lipinski definition) is 2. The molecule has 1 aliphatic rings. The van der Waals surface area contributed by atoms with Crippen molar-refractivity contribution < 1.29 is 5.11 Å². The number of fused-ring (bicyclic) bond motifs is 1. The molecule has 1 unspecified atom stereocenters. The molecule has 1 aromatic carbocycles. The minimum absolute atomic E-state index is 0.297. The summed E-state index contributed by atoms with van der Waals surface area (Å²) in [5, 5.41) is 12.8. The van der Waals surface area contributed by atoms with Gasteiger partial charge in [0, 0.05) is 22.3 Å². The van der Waals surface area contributed by atoms with E-state index < -0.39 is 0 Å². The molecule has 12 heavy (non-hydrogen) atoms. The number of anilines is 1. The Morgan fingerprint density at radius 1 is 1.50 bits per heavy atom. The van der Waals surface area contributed by atoms with E-state index in [-0.39, 0.29) is 6.10 Å². The van der Waals surface area contributed by atoms with Crippen molar-refractivity contribution in [2.75, 3.05) is 11.9 Å². The van der Waals surface area contributed by atoms with Gasteiger partial charge in [0.2, 0.25) is 0 Å². The van der Waals surface area contributed by atoms with Gasteiger partial charge < -0.3 is 10.4 Å². The first-order chi connectivity index (χ1) is 5.77. The molecule has 0 bridgehead atoms. The molecule has 0 saturated heterocycles. The fraction of sp³-hybridized carbons (Fsp3) is 0.333. The van der Waals surface area contributed by atoms with E-state index in [1.54, 1.807) is 0 Å². The van der Waals surface area contributed by atoms with Crippen LogP contribution in [0.25, 0.3) is 0 Å². The zero-order valence-electron chi connectivity index (χ0n) is 6.55. The van der Waals surface area contributed by atoms with E-state index in [1.807, 2.05) is 18.2 Å². The van der Waals surface area contributed by atoms with Crippen molar-refractivity contribution >= 4 is 21.6 Å². The molecule has 3 heteroatoms. The van der Waals surface area contributed by atoms with Crippen LogP contribution in [0.2, 0.25) is 0 Å². The van der Waals surface area contributed by atoms with E-state index in [2.05, 4.69) is 21.2 Å². The summed E-state index contributed by atoms with van der Waals surface area (Å²) in [4.78, 5) is 0. The fourth-order valence-corrected chi connectivity index (χ4v) is 1.83. The summed E-state index contributed by atoms with van der Waals surface area (Å²) in [5.41, 5.74) is 2.05. The van der Waals surface area contributed by atoms with Gasteiger partial charge in [-0.05, 0) is 18.6 Å². The van der Waals surface area contributed by atoms with Gasteiger partial charge in [0.15, 0.2) is 0 Å². The Hall–Kier alpha value is -0.540. The van der Waals surface area contributed by atoms with E-state index in [4.69, 9.17) is 0 Å². The van der Waals surface area contributed by atoms with Crippen LogP contribution in [0.1, 0.15) is 18.1 Å². The highest BCUT2D eigenvalue weighted by atomic mass is 79.9. The predicted molar refractivity (Wildman–Crippen MR) is 52.2 cm³/mol. The summed E-state index contributed by atoms with van der Waals surface area (Å²) in [7, 11) is 0. The number of nitrogens with one attached hydrogen (secondary N) is 1. The fourth-order valence-electron chi connectivity index (χ4n) is 1.47. The van der Waals surface area contributed by atoms with Crippen molar-refractivity contribution in [3.8, 4) is 0 Å². The highest BCUT2D eigenvalue weighted by molar-refractivity contribution is 9.10. The summed E-state index contributed by atoms with van der Waals surface area (Å²) in [5.74, 6) is 0. The Balaban J connectivity index is 2.46. The third-order valence-electron chi connectivity index (χ3n) is 2.11. The van der Waals surface area contributed by atoms with Crippen LogP contribution in [-0.4, -0.2) is 11.7 Å². The van der Waals surface area contributed by atoms with Crippen molar-refractivity contribution in [1.82, 2.24) is 0 Å². The third-order valence-corrected chi connectivity index (χ3v) is 2.60. The van der Waals surface area contributed by atoms with E-state index in [1.165, 1.54) is 0 Å². The first-order valence-electron chi connectivity index (χ1n) is 3.99. The van der Waals surface area contributed by atoms with Gasteiger partial charge in [0.25, 0.3) is 0 Å². The Bertz CT molecular complexity index is 301. The zero-order valence-corrected chi connectivity index (χ0v) is 8.13. The lowest BCUT2D eigenvalue weighted by Gasteiger charge is -2.22. The minimum Gasteiger partial charge on any atom is -0.388 e. The van der Waals surface area contributed by atoms with Crippen molar-refractivity contribution in [2.45, 2.75) is 12.5 Å². The lowest BCUT2D eigenvalue weighted by molar-refractivity contribution is 0.168. The maximum atomic E-state index is 9.60. The Morgan fingerprint density at radius 3 is 3.17 bits per heavy atom. The summed E-state index contributed by atoms with van der Waals surface area (Å²) in [6.45, 7) is 0.852. The standard InChI is InChI=1S/C9H10BrNO/c10-6-1-2-7-8(5-6)11-4-3-9(7)12/h1-2,5,9,11-12H,3-4H2. The first-order valence-corrected chi connectivity index (χ1v) is 4.78. The lowest BCUT2D eigenvalue weighted by Crippen LogP contribution is -2.16. The third kappa shape index (κ3) is 1.34. The van der Waals surface area contributed by atoms with Crippen LogP contribution in [0, 0.1) is 0 Å². The largest absolute Gasteiger partial charge is 0.388 e. The average molecular weight is 228 g/mol. The molecule has 0 aliphatic carbocycles. The molecule has 0 radical (unpaired) electrons. The molecule has 1 aliphatic heterocycles. The molecule has 1 aromatic rings. The van der Waals surface area contributed by atoms with Gasteiger partial charge in [0.1, 0.15) is 0 Å². The smallest absolute Gasteiger partial charge is 0.0826 e. The molecule has 0 amide bonds. The van der Waals surface area contributed by atoms with Crippen molar-refractivity contribution in [3.63, 3.8) is 0 Å². The predicted octanol–water partition coefficient (Wildman–Crippen LogP) is 2.30. The van der Waals surface area contributed by atoms with E-state index in [0.717, 1.165) is 28.7 Å². The summed E-state index contributed by atoms with van der Waals surface area (Å²) in [6, 6.07) is 5.91. The molecule has 2 nitrogen and oxygen atoms in total. The Kier molecular flexibility index (Phi) is 2.07. The summed E-state index contributed by atoms with van der Waals surface area (Å²) in [6.07, 6.45) is 0.503. The van der Waals surface area contributed by atoms with E-state index in [0.29, 0.717) is 0 Å².